The number of aryl methyl sites for hydroxylation is 1. The van der Waals surface area contributed by atoms with Crippen LogP contribution in [0, 0.1) is 6.92 Å². The van der Waals surface area contributed by atoms with Gasteiger partial charge in [0.1, 0.15) is 6.04 Å². The van der Waals surface area contributed by atoms with Crippen molar-refractivity contribution in [3.8, 4) is 0 Å². The fourth-order valence-corrected chi connectivity index (χ4v) is 5.43. The Bertz CT molecular complexity index is 1530. The summed E-state index contributed by atoms with van der Waals surface area (Å²) in [5, 5.41) is 16.0. The van der Waals surface area contributed by atoms with Gasteiger partial charge in [-0.2, -0.15) is 0 Å². The SMILES string of the molecule is Cc1ccc2cc([C@@H](c3nnnn3C(C)(C)C)N(CCc3ccccc3)Cc3cccs3)c(=O)[nH]c2c1. The maximum atomic E-state index is 13.7. The summed E-state index contributed by atoms with van der Waals surface area (Å²) in [6, 6.07) is 22.3. The zero-order chi connectivity index (χ0) is 26.0. The van der Waals surface area contributed by atoms with Crippen LogP contribution in [-0.4, -0.2) is 36.6 Å². The number of nitrogens with zero attached hydrogens (tertiary/aromatic N) is 5. The van der Waals surface area contributed by atoms with Crippen LogP contribution in [0.4, 0.5) is 0 Å². The summed E-state index contributed by atoms with van der Waals surface area (Å²) >= 11 is 1.71. The second-order valence-electron chi connectivity index (χ2n) is 10.5. The van der Waals surface area contributed by atoms with E-state index in [0.717, 1.165) is 29.4 Å². The van der Waals surface area contributed by atoms with E-state index in [0.29, 0.717) is 17.9 Å². The van der Waals surface area contributed by atoms with E-state index in [2.05, 4.69) is 100 Å². The second-order valence-corrected chi connectivity index (χ2v) is 11.5. The molecule has 3 aromatic heterocycles. The molecule has 1 atom stereocenters. The van der Waals surface area contributed by atoms with E-state index in [9.17, 15) is 4.79 Å². The van der Waals surface area contributed by atoms with Gasteiger partial charge in [-0.1, -0.05) is 48.5 Å². The number of nitrogens with one attached hydrogen (secondary N) is 1. The Kier molecular flexibility index (Phi) is 7.04. The minimum atomic E-state index is -0.436. The zero-order valence-corrected chi connectivity index (χ0v) is 22.5. The number of pyridine rings is 1. The highest BCUT2D eigenvalue weighted by molar-refractivity contribution is 7.09. The molecule has 0 aliphatic rings. The van der Waals surface area contributed by atoms with E-state index >= 15 is 0 Å². The van der Waals surface area contributed by atoms with Gasteiger partial charge < -0.3 is 4.98 Å². The Morgan fingerprint density at radius 3 is 2.59 bits per heavy atom. The van der Waals surface area contributed by atoms with E-state index < -0.39 is 6.04 Å². The van der Waals surface area contributed by atoms with Crippen molar-refractivity contribution >= 4 is 22.2 Å². The van der Waals surface area contributed by atoms with Gasteiger partial charge in [-0.25, -0.2) is 4.68 Å². The summed E-state index contributed by atoms with van der Waals surface area (Å²) in [5.41, 5.74) is 3.34. The van der Waals surface area contributed by atoms with Crippen LogP contribution in [0.15, 0.2) is 76.9 Å². The molecule has 37 heavy (non-hydrogen) atoms. The molecule has 0 aliphatic heterocycles. The molecule has 1 N–H and O–H groups in total. The summed E-state index contributed by atoms with van der Waals surface area (Å²) in [5.74, 6) is 0.661. The average molecular weight is 513 g/mol. The van der Waals surface area contributed by atoms with Crippen molar-refractivity contribution < 1.29 is 0 Å². The molecule has 8 heteroatoms. The minimum Gasteiger partial charge on any atom is -0.322 e. The van der Waals surface area contributed by atoms with E-state index in [1.54, 1.807) is 11.3 Å². The van der Waals surface area contributed by atoms with Crippen molar-refractivity contribution in [3.63, 3.8) is 0 Å². The zero-order valence-electron chi connectivity index (χ0n) is 21.7. The molecule has 7 nitrogen and oxygen atoms in total. The Labute approximate surface area is 220 Å². The molecule has 0 bridgehead atoms. The van der Waals surface area contributed by atoms with Gasteiger partial charge in [0.05, 0.1) is 5.54 Å². The van der Waals surface area contributed by atoms with Crippen molar-refractivity contribution in [3.05, 3.63) is 110 Å². The van der Waals surface area contributed by atoms with Gasteiger partial charge in [0.15, 0.2) is 5.82 Å². The van der Waals surface area contributed by atoms with Gasteiger partial charge >= 0.3 is 0 Å². The maximum absolute atomic E-state index is 13.7. The van der Waals surface area contributed by atoms with Crippen LogP contribution in [0.25, 0.3) is 10.9 Å². The molecule has 0 saturated carbocycles. The third kappa shape index (κ3) is 5.55. The predicted octanol–water partition coefficient (Wildman–Crippen LogP) is 5.47. The molecule has 5 rings (SSSR count). The summed E-state index contributed by atoms with van der Waals surface area (Å²) in [6.45, 7) is 9.66. The molecule has 0 saturated heterocycles. The molecular weight excluding hydrogens is 480 g/mol. The highest BCUT2D eigenvalue weighted by atomic mass is 32.1. The quantitative estimate of drug-likeness (QED) is 0.298. The van der Waals surface area contributed by atoms with Crippen molar-refractivity contribution in [2.75, 3.05) is 6.54 Å². The second kappa shape index (κ2) is 10.4. The fraction of sp³-hybridized carbons (Fsp3) is 0.310. The van der Waals surface area contributed by atoms with Crippen molar-refractivity contribution in [2.24, 2.45) is 0 Å². The van der Waals surface area contributed by atoms with Crippen LogP contribution in [0.5, 0.6) is 0 Å². The lowest BCUT2D eigenvalue weighted by atomic mass is 10.0. The largest absolute Gasteiger partial charge is 0.322 e. The molecular formula is C29H32N6OS. The number of tetrazole rings is 1. The van der Waals surface area contributed by atoms with Gasteiger partial charge in [0, 0.05) is 29.0 Å². The molecule has 0 radical (unpaired) electrons. The number of benzene rings is 2. The topological polar surface area (TPSA) is 79.7 Å². The lowest BCUT2D eigenvalue weighted by molar-refractivity contribution is 0.196. The molecule has 0 unspecified atom stereocenters. The van der Waals surface area contributed by atoms with Crippen LogP contribution in [0.1, 0.15) is 54.2 Å². The van der Waals surface area contributed by atoms with Gasteiger partial charge in [0.25, 0.3) is 5.56 Å². The van der Waals surface area contributed by atoms with E-state index in [4.69, 9.17) is 0 Å². The van der Waals surface area contributed by atoms with Gasteiger partial charge in [-0.05, 0) is 84.6 Å². The first-order valence-corrected chi connectivity index (χ1v) is 13.4. The molecule has 5 aromatic rings. The number of hydrogen-bond acceptors (Lipinski definition) is 6. The molecule has 190 valence electrons. The van der Waals surface area contributed by atoms with Gasteiger partial charge in [0.2, 0.25) is 0 Å². The van der Waals surface area contributed by atoms with Crippen molar-refractivity contribution in [1.82, 2.24) is 30.1 Å². The Hall–Kier alpha value is -3.62. The number of aromatic amines is 1. The summed E-state index contributed by atoms with van der Waals surface area (Å²) in [6.07, 6.45) is 0.838. The number of rotatable bonds is 8. The molecule has 0 fully saturated rings. The van der Waals surface area contributed by atoms with Crippen LogP contribution in [-0.2, 0) is 18.5 Å². The average Bonchev–Trinajstić information content (AvgIpc) is 3.56. The first-order chi connectivity index (χ1) is 17.8. The molecule has 3 heterocycles. The predicted molar refractivity (Wildman–Crippen MR) is 149 cm³/mol. The molecule has 0 amide bonds. The van der Waals surface area contributed by atoms with Gasteiger partial charge in [-0.3, -0.25) is 9.69 Å². The highest BCUT2D eigenvalue weighted by Crippen LogP contribution is 2.31. The molecule has 0 aliphatic carbocycles. The first kappa shape index (κ1) is 25.0. The monoisotopic (exact) mass is 512 g/mol. The Balaban J connectivity index is 1.67. The number of aromatic nitrogens is 5. The van der Waals surface area contributed by atoms with Crippen molar-refractivity contribution in [2.45, 2.75) is 52.2 Å². The summed E-state index contributed by atoms with van der Waals surface area (Å²) < 4.78 is 1.85. The number of thiophene rings is 1. The van der Waals surface area contributed by atoms with E-state index in [1.807, 2.05) is 29.8 Å². The first-order valence-electron chi connectivity index (χ1n) is 12.5. The van der Waals surface area contributed by atoms with Crippen LogP contribution in [0.2, 0.25) is 0 Å². The lowest BCUT2D eigenvalue weighted by Gasteiger charge is -2.32. The van der Waals surface area contributed by atoms with Crippen LogP contribution >= 0.6 is 11.3 Å². The number of fused-ring (bicyclic) bond motifs is 1. The smallest absolute Gasteiger partial charge is 0.253 e. The van der Waals surface area contributed by atoms with Crippen LogP contribution in [0.3, 0.4) is 0 Å². The van der Waals surface area contributed by atoms with Crippen molar-refractivity contribution in [1.29, 1.82) is 0 Å². The molecule has 2 aromatic carbocycles. The normalized spacial score (nSPS) is 12.9. The maximum Gasteiger partial charge on any atom is 0.253 e. The third-order valence-corrected chi connectivity index (χ3v) is 7.39. The van der Waals surface area contributed by atoms with Gasteiger partial charge in [-0.15, -0.1) is 16.4 Å². The standard InChI is InChI=1S/C29H32N6OS/c1-20-12-13-22-18-24(28(36)30-25(22)17-20)26(27-31-32-33-35(27)29(2,3)4)34(19-23-11-8-16-37-23)15-14-21-9-6-5-7-10-21/h5-13,16-18,26H,14-15,19H2,1-4H3,(H,30,36)/t26-/m0/s1. The van der Waals surface area contributed by atoms with E-state index in [1.165, 1.54) is 10.4 Å². The number of hydrogen-bond donors (Lipinski definition) is 1. The van der Waals surface area contributed by atoms with Crippen LogP contribution < -0.4 is 5.56 Å². The number of H-pyrrole nitrogens is 1. The summed E-state index contributed by atoms with van der Waals surface area (Å²) in [7, 11) is 0. The fourth-order valence-electron chi connectivity index (χ4n) is 4.70. The highest BCUT2D eigenvalue weighted by Gasteiger charge is 2.33. The van der Waals surface area contributed by atoms with E-state index in [-0.39, 0.29) is 11.1 Å². The Morgan fingerprint density at radius 2 is 1.86 bits per heavy atom. The molecule has 0 spiro atoms. The summed E-state index contributed by atoms with van der Waals surface area (Å²) in [4.78, 5) is 20.3. The Morgan fingerprint density at radius 1 is 1.05 bits per heavy atom. The lowest BCUT2D eigenvalue weighted by Crippen LogP contribution is -2.38. The minimum absolute atomic E-state index is 0.123. The third-order valence-electron chi connectivity index (χ3n) is 6.53.